The molecule has 1 aromatic heterocycles. The van der Waals surface area contributed by atoms with E-state index in [1.165, 1.54) is 0 Å². The fourth-order valence-electron chi connectivity index (χ4n) is 2.39. The van der Waals surface area contributed by atoms with E-state index in [9.17, 15) is 4.79 Å². The van der Waals surface area contributed by atoms with E-state index >= 15 is 0 Å². The van der Waals surface area contributed by atoms with Crippen molar-refractivity contribution in [3.63, 3.8) is 0 Å². The summed E-state index contributed by atoms with van der Waals surface area (Å²) < 4.78 is 5.37. The summed E-state index contributed by atoms with van der Waals surface area (Å²) in [5.41, 5.74) is 8.44. The van der Waals surface area contributed by atoms with Gasteiger partial charge in [0.25, 0.3) is 5.91 Å². The predicted octanol–water partition coefficient (Wildman–Crippen LogP) is 2.73. The van der Waals surface area contributed by atoms with Crippen molar-refractivity contribution in [2.24, 2.45) is 5.73 Å². The van der Waals surface area contributed by atoms with Gasteiger partial charge in [0.1, 0.15) is 0 Å². The minimum atomic E-state index is -0.554. The minimum absolute atomic E-state index is 0.218. The number of nitrogens with two attached hydrogens (primary N) is 1. The third kappa shape index (κ3) is 2.25. The number of carbonyl (C=O) groups excluding carboxylic acids is 1. The van der Waals surface area contributed by atoms with Crippen LogP contribution in [-0.2, 0) is 0 Å². The molecular formula is C16H16N2O2. The molecule has 1 aliphatic rings. The number of hydrogen-bond donors (Lipinski definition) is 1. The molecular weight excluding hydrogens is 252 g/mol. The SMILES string of the molecule is COc1c(C2CC2)cc(-c2ccccc2)nc1C(N)=O. The smallest absolute Gasteiger partial charge is 0.271 e. The second kappa shape index (κ2) is 4.96. The number of rotatable bonds is 4. The first kappa shape index (κ1) is 12.7. The second-order valence-electron chi connectivity index (χ2n) is 4.98. The van der Waals surface area contributed by atoms with E-state index in [4.69, 9.17) is 10.5 Å². The van der Waals surface area contributed by atoms with E-state index in [0.717, 1.165) is 29.7 Å². The number of carbonyl (C=O) groups is 1. The van der Waals surface area contributed by atoms with E-state index in [0.29, 0.717) is 11.7 Å². The molecule has 1 aromatic carbocycles. The first-order chi connectivity index (χ1) is 9.70. The van der Waals surface area contributed by atoms with Gasteiger partial charge in [-0.05, 0) is 24.8 Å². The van der Waals surface area contributed by atoms with Crippen molar-refractivity contribution in [2.45, 2.75) is 18.8 Å². The highest BCUT2D eigenvalue weighted by atomic mass is 16.5. The van der Waals surface area contributed by atoms with Gasteiger partial charge in [-0.3, -0.25) is 4.79 Å². The van der Waals surface area contributed by atoms with Crippen LogP contribution >= 0.6 is 0 Å². The van der Waals surface area contributed by atoms with Gasteiger partial charge in [-0.25, -0.2) is 4.98 Å². The Bertz CT molecular complexity index is 649. The average Bonchev–Trinajstić information content (AvgIpc) is 3.31. The zero-order valence-corrected chi connectivity index (χ0v) is 11.3. The molecule has 0 atom stereocenters. The summed E-state index contributed by atoms with van der Waals surface area (Å²) in [6.45, 7) is 0. The first-order valence-corrected chi connectivity index (χ1v) is 6.65. The quantitative estimate of drug-likeness (QED) is 0.927. The van der Waals surface area contributed by atoms with Crippen molar-refractivity contribution >= 4 is 5.91 Å². The molecule has 4 heteroatoms. The zero-order chi connectivity index (χ0) is 14.1. The van der Waals surface area contributed by atoms with Gasteiger partial charge >= 0.3 is 0 Å². The van der Waals surface area contributed by atoms with Gasteiger partial charge < -0.3 is 10.5 Å². The maximum absolute atomic E-state index is 11.6. The number of amides is 1. The molecule has 0 saturated heterocycles. The topological polar surface area (TPSA) is 65.2 Å². The number of benzene rings is 1. The van der Waals surface area contributed by atoms with Crippen LogP contribution in [0.5, 0.6) is 5.75 Å². The molecule has 1 amide bonds. The lowest BCUT2D eigenvalue weighted by Crippen LogP contribution is -2.16. The summed E-state index contributed by atoms with van der Waals surface area (Å²) in [4.78, 5) is 16.0. The number of nitrogens with zero attached hydrogens (tertiary/aromatic N) is 1. The fraction of sp³-hybridized carbons (Fsp3) is 0.250. The van der Waals surface area contributed by atoms with Crippen molar-refractivity contribution in [1.29, 1.82) is 0 Å². The summed E-state index contributed by atoms with van der Waals surface area (Å²) in [5, 5.41) is 0. The lowest BCUT2D eigenvalue weighted by Gasteiger charge is -2.13. The van der Waals surface area contributed by atoms with Crippen molar-refractivity contribution in [1.82, 2.24) is 4.98 Å². The second-order valence-corrected chi connectivity index (χ2v) is 4.98. The van der Waals surface area contributed by atoms with Gasteiger partial charge in [0.2, 0.25) is 0 Å². The number of hydrogen-bond acceptors (Lipinski definition) is 3. The molecule has 3 rings (SSSR count). The molecule has 0 spiro atoms. The fourth-order valence-corrected chi connectivity index (χ4v) is 2.39. The highest BCUT2D eigenvalue weighted by Gasteiger charge is 2.30. The van der Waals surface area contributed by atoms with Crippen LogP contribution in [0.4, 0.5) is 0 Å². The molecule has 20 heavy (non-hydrogen) atoms. The standard InChI is InChI=1S/C16H16N2O2/c1-20-15-12(10-7-8-10)9-13(18-14(15)16(17)19)11-5-3-2-4-6-11/h2-6,9-10H,7-8H2,1H3,(H2,17,19). The third-order valence-electron chi connectivity index (χ3n) is 3.53. The van der Waals surface area contributed by atoms with E-state index in [1.54, 1.807) is 7.11 Å². The first-order valence-electron chi connectivity index (χ1n) is 6.65. The summed E-state index contributed by atoms with van der Waals surface area (Å²) >= 11 is 0. The van der Waals surface area contributed by atoms with E-state index in [2.05, 4.69) is 4.98 Å². The number of ether oxygens (including phenoxy) is 1. The van der Waals surface area contributed by atoms with Crippen LogP contribution < -0.4 is 10.5 Å². The number of pyridine rings is 1. The lowest BCUT2D eigenvalue weighted by atomic mass is 10.0. The molecule has 1 heterocycles. The van der Waals surface area contributed by atoms with Crippen LogP contribution in [0.25, 0.3) is 11.3 Å². The third-order valence-corrected chi connectivity index (χ3v) is 3.53. The molecule has 2 N–H and O–H groups in total. The van der Waals surface area contributed by atoms with Gasteiger partial charge in [0, 0.05) is 11.1 Å². The van der Waals surface area contributed by atoms with Crippen LogP contribution in [-0.4, -0.2) is 18.0 Å². The summed E-state index contributed by atoms with van der Waals surface area (Å²) in [5.74, 6) is 0.426. The van der Waals surface area contributed by atoms with Crippen LogP contribution in [0.1, 0.15) is 34.8 Å². The number of primary amides is 1. The highest BCUT2D eigenvalue weighted by Crippen LogP contribution is 2.46. The van der Waals surface area contributed by atoms with E-state index in [-0.39, 0.29) is 5.69 Å². The summed E-state index contributed by atoms with van der Waals surface area (Å²) in [6, 6.07) is 11.8. The van der Waals surface area contributed by atoms with Gasteiger partial charge in [0.15, 0.2) is 11.4 Å². The zero-order valence-electron chi connectivity index (χ0n) is 11.3. The van der Waals surface area contributed by atoms with Crippen molar-refractivity contribution in [2.75, 3.05) is 7.11 Å². The molecule has 0 bridgehead atoms. The normalized spacial score (nSPS) is 14.1. The molecule has 1 saturated carbocycles. The Labute approximate surface area is 117 Å². The lowest BCUT2D eigenvalue weighted by molar-refractivity contribution is 0.0992. The van der Waals surface area contributed by atoms with Gasteiger partial charge in [0.05, 0.1) is 12.8 Å². The van der Waals surface area contributed by atoms with Crippen molar-refractivity contribution < 1.29 is 9.53 Å². The largest absolute Gasteiger partial charge is 0.494 e. The molecule has 0 aliphatic heterocycles. The van der Waals surface area contributed by atoms with E-state index < -0.39 is 5.91 Å². The number of aromatic nitrogens is 1. The Kier molecular flexibility index (Phi) is 3.14. The Morgan fingerprint density at radius 2 is 2.00 bits per heavy atom. The summed E-state index contributed by atoms with van der Waals surface area (Å²) in [7, 11) is 1.55. The molecule has 1 aliphatic carbocycles. The van der Waals surface area contributed by atoms with Gasteiger partial charge in [-0.1, -0.05) is 30.3 Å². The number of methoxy groups -OCH3 is 1. The maximum Gasteiger partial charge on any atom is 0.271 e. The molecule has 4 nitrogen and oxygen atoms in total. The molecule has 102 valence electrons. The van der Waals surface area contributed by atoms with Crippen LogP contribution in [0, 0.1) is 0 Å². The Balaban J connectivity index is 2.19. The highest BCUT2D eigenvalue weighted by molar-refractivity contribution is 5.95. The summed E-state index contributed by atoms with van der Waals surface area (Å²) in [6.07, 6.45) is 2.24. The molecule has 1 fully saturated rings. The van der Waals surface area contributed by atoms with Crippen molar-refractivity contribution in [3.05, 3.63) is 47.7 Å². The molecule has 0 radical (unpaired) electrons. The van der Waals surface area contributed by atoms with Crippen LogP contribution in [0.3, 0.4) is 0 Å². The Morgan fingerprint density at radius 1 is 1.30 bits per heavy atom. The van der Waals surface area contributed by atoms with Crippen LogP contribution in [0.15, 0.2) is 36.4 Å². The Morgan fingerprint density at radius 3 is 2.55 bits per heavy atom. The van der Waals surface area contributed by atoms with Crippen LogP contribution in [0.2, 0.25) is 0 Å². The predicted molar refractivity (Wildman–Crippen MR) is 76.7 cm³/mol. The van der Waals surface area contributed by atoms with E-state index in [1.807, 2.05) is 36.4 Å². The maximum atomic E-state index is 11.6. The van der Waals surface area contributed by atoms with Gasteiger partial charge in [-0.15, -0.1) is 0 Å². The molecule has 2 aromatic rings. The van der Waals surface area contributed by atoms with Crippen molar-refractivity contribution in [3.8, 4) is 17.0 Å². The molecule has 0 unspecified atom stereocenters. The monoisotopic (exact) mass is 268 g/mol. The Hall–Kier alpha value is -2.36. The minimum Gasteiger partial charge on any atom is -0.494 e. The average molecular weight is 268 g/mol. The van der Waals surface area contributed by atoms with Gasteiger partial charge in [-0.2, -0.15) is 0 Å².